The molecule has 0 unspecified atom stereocenters. The Hall–Kier alpha value is -2.75. The number of nitrogens with zero attached hydrogens (tertiary/aromatic N) is 3. The summed E-state index contributed by atoms with van der Waals surface area (Å²) < 4.78 is 11.0. The summed E-state index contributed by atoms with van der Waals surface area (Å²) >= 11 is 6.11. The Morgan fingerprint density at radius 2 is 1.86 bits per heavy atom. The highest BCUT2D eigenvalue weighted by Crippen LogP contribution is 2.24. The zero-order chi connectivity index (χ0) is 20.6. The van der Waals surface area contributed by atoms with Gasteiger partial charge in [0.25, 0.3) is 5.91 Å². The van der Waals surface area contributed by atoms with E-state index in [0.29, 0.717) is 30.3 Å². The van der Waals surface area contributed by atoms with E-state index in [0.717, 1.165) is 36.5 Å². The third-order valence-electron chi connectivity index (χ3n) is 4.93. The fourth-order valence-corrected chi connectivity index (χ4v) is 3.49. The van der Waals surface area contributed by atoms with Crippen LogP contribution in [-0.2, 0) is 17.8 Å². The number of methoxy groups -OCH3 is 1. The Morgan fingerprint density at radius 1 is 1.14 bits per heavy atom. The molecule has 2 aromatic carbocycles. The summed E-state index contributed by atoms with van der Waals surface area (Å²) in [6, 6.07) is 15.0. The van der Waals surface area contributed by atoms with Crippen molar-refractivity contribution in [1.82, 2.24) is 9.80 Å². The molecule has 29 heavy (non-hydrogen) atoms. The van der Waals surface area contributed by atoms with Gasteiger partial charge in [0.2, 0.25) is 0 Å². The van der Waals surface area contributed by atoms with Crippen molar-refractivity contribution < 1.29 is 14.3 Å². The van der Waals surface area contributed by atoms with Crippen LogP contribution < -0.4 is 9.47 Å². The van der Waals surface area contributed by atoms with Crippen molar-refractivity contribution in [2.24, 2.45) is 0 Å². The number of carbonyl (C=O) groups is 1. The summed E-state index contributed by atoms with van der Waals surface area (Å²) in [7, 11) is 1.65. The molecule has 1 amide bonds. The molecule has 3 rings (SSSR count). The maximum absolute atomic E-state index is 12.5. The number of carbonyl (C=O) groups excluding carboxylic acids is 1. The number of hydrogen-bond acceptors (Lipinski definition) is 5. The number of piperazine rings is 1. The molecule has 6 nitrogen and oxygen atoms in total. The second-order valence-electron chi connectivity index (χ2n) is 6.88. The van der Waals surface area contributed by atoms with E-state index in [4.69, 9.17) is 26.3 Å². The van der Waals surface area contributed by atoms with Gasteiger partial charge in [0.1, 0.15) is 11.5 Å². The second-order valence-corrected chi connectivity index (χ2v) is 7.32. The van der Waals surface area contributed by atoms with Crippen molar-refractivity contribution >= 4 is 17.5 Å². The molecule has 0 spiro atoms. The number of rotatable bonds is 7. The van der Waals surface area contributed by atoms with Crippen LogP contribution in [0.5, 0.6) is 11.5 Å². The van der Waals surface area contributed by atoms with E-state index < -0.39 is 0 Å². The summed E-state index contributed by atoms with van der Waals surface area (Å²) in [5.41, 5.74) is 1.97. The zero-order valence-electron chi connectivity index (χ0n) is 16.4. The quantitative estimate of drug-likeness (QED) is 0.697. The fraction of sp³-hybridized carbons (Fsp3) is 0.364. The first-order chi connectivity index (χ1) is 14.1. The van der Waals surface area contributed by atoms with E-state index in [1.54, 1.807) is 19.2 Å². The molecule has 0 aromatic heterocycles. The standard InChI is InChI=1S/C22H24ClN3O3/c1-28-21-7-4-19(23)14-18(21)15-25-10-12-26(13-11-25)22(27)16-29-20-5-2-17(3-6-20)8-9-24/h2-7,14H,8,10-13,15-16H2,1H3. The Labute approximate surface area is 176 Å². The van der Waals surface area contributed by atoms with Crippen LogP contribution in [0.4, 0.5) is 0 Å². The molecule has 1 fully saturated rings. The van der Waals surface area contributed by atoms with Crippen LogP contribution in [0.1, 0.15) is 11.1 Å². The molecule has 152 valence electrons. The van der Waals surface area contributed by atoms with Gasteiger partial charge in [-0.05, 0) is 35.9 Å². The molecule has 0 N–H and O–H groups in total. The van der Waals surface area contributed by atoms with Crippen LogP contribution in [0, 0.1) is 11.3 Å². The van der Waals surface area contributed by atoms with Crippen LogP contribution >= 0.6 is 11.6 Å². The van der Waals surface area contributed by atoms with Gasteiger partial charge in [-0.3, -0.25) is 9.69 Å². The molecule has 2 aromatic rings. The van der Waals surface area contributed by atoms with E-state index in [2.05, 4.69) is 11.0 Å². The van der Waals surface area contributed by atoms with Gasteiger partial charge in [0.15, 0.2) is 6.61 Å². The summed E-state index contributed by atoms with van der Waals surface area (Å²) in [5, 5.41) is 9.39. The molecule has 0 aliphatic carbocycles. The molecule has 7 heteroatoms. The molecule has 0 bridgehead atoms. The Bertz CT molecular complexity index is 872. The summed E-state index contributed by atoms with van der Waals surface area (Å²) in [6.45, 7) is 3.63. The van der Waals surface area contributed by atoms with Gasteiger partial charge < -0.3 is 14.4 Å². The average Bonchev–Trinajstić information content (AvgIpc) is 2.74. The lowest BCUT2D eigenvalue weighted by Crippen LogP contribution is -2.49. The van der Waals surface area contributed by atoms with Crippen molar-refractivity contribution in [2.75, 3.05) is 39.9 Å². The molecule has 1 aliphatic rings. The van der Waals surface area contributed by atoms with Gasteiger partial charge in [-0.15, -0.1) is 0 Å². The highest BCUT2D eigenvalue weighted by Gasteiger charge is 2.22. The first kappa shape index (κ1) is 21.0. The minimum Gasteiger partial charge on any atom is -0.496 e. The highest BCUT2D eigenvalue weighted by atomic mass is 35.5. The number of ether oxygens (including phenoxy) is 2. The van der Waals surface area contributed by atoms with Crippen LogP contribution in [0.3, 0.4) is 0 Å². The molecule has 1 aliphatic heterocycles. The average molecular weight is 414 g/mol. The third-order valence-corrected chi connectivity index (χ3v) is 5.17. The third kappa shape index (κ3) is 5.86. The normalized spacial score (nSPS) is 14.3. The number of benzene rings is 2. The van der Waals surface area contributed by atoms with Crippen molar-refractivity contribution in [3.63, 3.8) is 0 Å². The first-order valence-electron chi connectivity index (χ1n) is 9.50. The number of halogens is 1. The van der Waals surface area contributed by atoms with Crippen LogP contribution in [0.2, 0.25) is 5.02 Å². The molecular weight excluding hydrogens is 390 g/mol. The highest BCUT2D eigenvalue weighted by molar-refractivity contribution is 6.30. The van der Waals surface area contributed by atoms with E-state index in [-0.39, 0.29) is 12.5 Å². The Kier molecular flexibility index (Phi) is 7.34. The van der Waals surface area contributed by atoms with E-state index >= 15 is 0 Å². The van der Waals surface area contributed by atoms with Gasteiger partial charge in [0.05, 0.1) is 19.6 Å². The maximum atomic E-state index is 12.5. The molecular formula is C22H24ClN3O3. The fourth-order valence-electron chi connectivity index (χ4n) is 3.30. The van der Waals surface area contributed by atoms with Crippen molar-refractivity contribution in [3.05, 3.63) is 58.6 Å². The largest absolute Gasteiger partial charge is 0.496 e. The second kappa shape index (κ2) is 10.1. The van der Waals surface area contributed by atoms with E-state index in [9.17, 15) is 4.79 Å². The summed E-state index contributed by atoms with van der Waals surface area (Å²) in [4.78, 5) is 16.6. The lowest BCUT2D eigenvalue weighted by molar-refractivity contribution is -0.135. The zero-order valence-corrected chi connectivity index (χ0v) is 17.2. The van der Waals surface area contributed by atoms with Crippen LogP contribution in [0.15, 0.2) is 42.5 Å². The summed E-state index contributed by atoms with van der Waals surface area (Å²) in [6.07, 6.45) is 0.366. The van der Waals surface area contributed by atoms with Gasteiger partial charge >= 0.3 is 0 Å². The number of amides is 1. The maximum Gasteiger partial charge on any atom is 0.260 e. The lowest BCUT2D eigenvalue weighted by Gasteiger charge is -2.34. The smallest absolute Gasteiger partial charge is 0.260 e. The van der Waals surface area contributed by atoms with Gasteiger partial charge in [-0.25, -0.2) is 0 Å². The topological polar surface area (TPSA) is 65.8 Å². The van der Waals surface area contributed by atoms with Crippen molar-refractivity contribution in [3.8, 4) is 17.6 Å². The summed E-state index contributed by atoms with van der Waals surface area (Å²) in [5.74, 6) is 1.43. The minimum absolute atomic E-state index is 0.0136. The SMILES string of the molecule is COc1ccc(Cl)cc1CN1CCN(C(=O)COc2ccc(CC#N)cc2)CC1. The van der Waals surface area contributed by atoms with Gasteiger partial charge in [-0.2, -0.15) is 5.26 Å². The molecule has 1 saturated heterocycles. The van der Waals surface area contributed by atoms with Crippen molar-refractivity contribution in [2.45, 2.75) is 13.0 Å². The van der Waals surface area contributed by atoms with Gasteiger partial charge in [-0.1, -0.05) is 23.7 Å². The molecule has 0 saturated carbocycles. The van der Waals surface area contributed by atoms with Gasteiger partial charge in [0, 0.05) is 43.3 Å². The first-order valence-corrected chi connectivity index (χ1v) is 9.88. The van der Waals surface area contributed by atoms with Crippen LogP contribution in [-0.4, -0.2) is 55.6 Å². The lowest BCUT2D eigenvalue weighted by atomic mass is 10.1. The minimum atomic E-state index is -0.0221. The predicted octanol–water partition coefficient (Wildman–Crippen LogP) is 3.14. The molecule has 1 heterocycles. The van der Waals surface area contributed by atoms with Crippen LogP contribution in [0.25, 0.3) is 0 Å². The predicted molar refractivity (Wildman–Crippen MR) is 111 cm³/mol. The molecule has 0 radical (unpaired) electrons. The van der Waals surface area contributed by atoms with E-state index in [1.807, 2.05) is 35.2 Å². The Morgan fingerprint density at radius 3 is 2.52 bits per heavy atom. The van der Waals surface area contributed by atoms with E-state index in [1.165, 1.54) is 0 Å². The number of nitriles is 1. The van der Waals surface area contributed by atoms with Crippen molar-refractivity contribution in [1.29, 1.82) is 5.26 Å². The molecule has 0 atom stereocenters. The Balaban J connectivity index is 1.46. The monoisotopic (exact) mass is 413 g/mol. The number of hydrogen-bond donors (Lipinski definition) is 0.